The first-order valence-electron chi connectivity index (χ1n) is 6.14. The monoisotopic (exact) mass is 239 g/mol. The molecular formula is C13H21NOS. The van der Waals surface area contributed by atoms with Gasteiger partial charge in [0.1, 0.15) is 0 Å². The molecule has 2 rings (SSSR count). The van der Waals surface area contributed by atoms with Crippen LogP contribution in [0.5, 0.6) is 0 Å². The fourth-order valence-corrected chi connectivity index (χ4v) is 3.30. The third-order valence-electron chi connectivity index (χ3n) is 3.58. The lowest BCUT2D eigenvalue weighted by Gasteiger charge is -2.44. The van der Waals surface area contributed by atoms with Crippen LogP contribution in [0.1, 0.15) is 38.2 Å². The molecule has 0 bridgehead atoms. The number of aliphatic hydroxyl groups is 1. The SMILES string of the molecule is CC(Cc1ccsc1)NC1(CCO)CCC1. The molecule has 1 aliphatic carbocycles. The first kappa shape index (κ1) is 12.1. The van der Waals surface area contributed by atoms with E-state index in [-0.39, 0.29) is 5.54 Å². The van der Waals surface area contributed by atoms with Gasteiger partial charge in [-0.15, -0.1) is 0 Å². The van der Waals surface area contributed by atoms with Crippen LogP contribution in [0.25, 0.3) is 0 Å². The smallest absolute Gasteiger partial charge is 0.0448 e. The Hall–Kier alpha value is -0.380. The van der Waals surface area contributed by atoms with Crippen LogP contribution < -0.4 is 5.32 Å². The molecule has 90 valence electrons. The van der Waals surface area contributed by atoms with Crippen molar-refractivity contribution in [1.29, 1.82) is 0 Å². The molecule has 1 unspecified atom stereocenters. The van der Waals surface area contributed by atoms with Gasteiger partial charge >= 0.3 is 0 Å². The summed E-state index contributed by atoms with van der Waals surface area (Å²) in [5.74, 6) is 0. The highest BCUT2D eigenvalue weighted by Crippen LogP contribution is 2.35. The molecule has 1 aromatic rings. The van der Waals surface area contributed by atoms with Crippen molar-refractivity contribution in [3.8, 4) is 0 Å². The van der Waals surface area contributed by atoms with Crippen LogP contribution in [0.3, 0.4) is 0 Å². The maximum Gasteiger partial charge on any atom is 0.0448 e. The van der Waals surface area contributed by atoms with Crippen molar-refractivity contribution in [1.82, 2.24) is 5.32 Å². The first-order valence-corrected chi connectivity index (χ1v) is 7.08. The largest absolute Gasteiger partial charge is 0.396 e. The Balaban J connectivity index is 1.83. The van der Waals surface area contributed by atoms with Crippen molar-refractivity contribution >= 4 is 11.3 Å². The lowest BCUT2D eigenvalue weighted by atomic mass is 9.74. The van der Waals surface area contributed by atoms with Crippen LogP contribution in [-0.2, 0) is 6.42 Å². The van der Waals surface area contributed by atoms with E-state index in [0.29, 0.717) is 12.6 Å². The van der Waals surface area contributed by atoms with Crippen LogP contribution in [0.2, 0.25) is 0 Å². The summed E-state index contributed by atoms with van der Waals surface area (Å²) in [4.78, 5) is 0. The fraction of sp³-hybridized carbons (Fsp3) is 0.692. The fourth-order valence-electron chi connectivity index (χ4n) is 2.62. The van der Waals surface area contributed by atoms with E-state index in [1.165, 1.54) is 24.8 Å². The Morgan fingerprint density at radius 3 is 2.88 bits per heavy atom. The average molecular weight is 239 g/mol. The molecule has 0 saturated heterocycles. The highest BCUT2D eigenvalue weighted by Gasteiger charge is 2.36. The van der Waals surface area contributed by atoms with Gasteiger partial charge in [-0.2, -0.15) is 11.3 Å². The molecule has 0 radical (unpaired) electrons. The van der Waals surface area contributed by atoms with Gasteiger partial charge < -0.3 is 10.4 Å². The molecule has 3 heteroatoms. The number of rotatable bonds is 6. The third-order valence-corrected chi connectivity index (χ3v) is 4.31. The van der Waals surface area contributed by atoms with E-state index in [1.54, 1.807) is 11.3 Å². The molecule has 0 aromatic carbocycles. The number of nitrogens with one attached hydrogen (secondary N) is 1. The van der Waals surface area contributed by atoms with E-state index in [2.05, 4.69) is 29.1 Å². The zero-order valence-corrected chi connectivity index (χ0v) is 10.7. The summed E-state index contributed by atoms with van der Waals surface area (Å²) >= 11 is 1.76. The second-order valence-corrected chi connectivity index (χ2v) is 5.77. The van der Waals surface area contributed by atoms with Crippen LogP contribution in [0.4, 0.5) is 0 Å². The molecule has 2 nitrogen and oxygen atoms in total. The molecule has 1 saturated carbocycles. The van der Waals surface area contributed by atoms with E-state index in [0.717, 1.165) is 12.8 Å². The van der Waals surface area contributed by atoms with Crippen LogP contribution in [0.15, 0.2) is 16.8 Å². The Labute approximate surface area is 102 Å². The van der Waals surface area contributed by atoms with Crippen molar-refractivity contribution in [2.75, 3.05) is 6.61 Å². The summed E-state index contributed by atoms with van der Waals surface area (Å²) in [7, 11) is 0. The quantitative estimate of drug-likeness (QED) is 0.799. The Morgan fingerprint density at radius 2 is 2.38 bits per heavy atom. The minimum atomic E-state index is 0.240. The summed E-state index contributed by atoms with van der Waals surface area (Å²) in [5.41, 5.74) is 1.66. The summed E-state index contributed by atoms with van der Waals surface area (Å²) in [6.45, 7) is 2.55. The standard InChI is InChI=1S/C13H21NOS/c1-11(9-12-3-8-16-10-12)14-13(6-7-15)4-2-5-13/h3,8,10-11,14-15H,2,4-7,9H2,1H3. The zero-order valence-electron chi connectivity index (χ0n) is 9.91. The predicted octanol–water partition coefficient (Wildman–Crippen LogP) is 2.57. The second-order valence-electron chi connectivity index (χ2n) is 4.99. The summed E-state index contributed by atoms with van der Waals surface area (Å²) in [6, 6.07) is 2.70. The van der Waals surface area contributed by atoms with Crippen LogP contribution in [0, 0.1) is 0 Å². The van der Waals surface area contributed by atoms with Gasteiger partial charge in [-0.25, -0.2) is 0 Å². The predicted molar refractivity (Wildman–Crippen MR) is 68.9 cm³/mol. The van der Waals surface area contributed by atoms with Crippen molar-refractivity contribution in [2.45, 2.75) is 50.6 Å². The lowest BCUT2D eigenvalue weighted by Crippen LogP contribution is -2.55. The van der Waals surface area contributed by atoms with Crippen molar-refractivity contribution in [3.05, 3.63) is 22.4 Å². The topological polar surface area (TPSA) is 32.3 Å². The van der Waals surface area contributed by atoms with E-state index >= 15 is 0 Å². The van der Waals surface area contributed by atoms with Crippen molar-refractivity contribution in [2.24, 2.45) is 0 Å². The zero-order chi connectivity index (χ0) is 11.4. The Kier molecular flexibility index (Phi) is 4.00. The Bertz CT molecular complexity index is 306. The van der Waals surface area contributed by atoms with Gasteiger partial charge in [0.25, 0.3) is 0 Å². The number of hydrogen-bond acceptors (Lipinski definition) is 3. The van der Waals surface area contributed by atoms with Gasteiger partial charge in [0.05, 0.1) is 0 Å². The van der Waals surface area contributed by atoms with Gasteiger partial charge in [-0.1, -0.05) is 0 Å². The number of aliphatic hydroxyl groups excluding tert-OH is 1. The third kappa shape index (κ3) is 2.84. The van der Waals surface area contributed by atoms with E-state index in [9.17, 15) is 0 Å². The molecule has 1 aromatic heterocycles. The van der Waals surface area contributed by atoms with Crippen molar-refractivity contribution in [3.63, 3.8) is 0 Å². The molecular weight excluding hydrogens is 218 g/mol. The molecule has 0 spiro atoms. The normalized spacial score (nSPS) is 20.4. The lowest BCUT2D eigenvalue weighted by molar-refractivity contribution is 0.119. The minimum absolute atomic E-state index is 0.240. The minimum Gasteiger partial charge on any atom is -0.396 e. The molecule has 16 heavy (non-hydrogen) atoms. The maximum absolute atomic E-state index is 9.10. The number of thiophene rings is 1. The first-order chi connectivity index (χ1) is 7.74. The maximum atomic E-state index is 9.10. The van der Waals surface area contributed by atoms with E-state index in [4.69, 9.17) is 5.11 Å². The summed E-state index contributed by atoms with van der Waals surface area (Å²) in [6.07, 6.45) is 5.75. The van der Waals surface area contributed by atoms with Gasteiger partial charge in [0.2, 0.25) is 0 Å². The molecule has 1 fully saturated rings. The van der Waals surface area contributed by atoms with Crippen LogP contribution in [-0.4, -0.2) is 23.3 Å². The van der Waals surface area contributed by atoms with E-state index in [1.807, 2.05) is 0 Å². The average Bonchev–Trinajstić information content (AvgIpc) is 2.67. The molecule has 2 N–H and O–H groups in total. The highest BCUT2D eigenvalue weighted by atomic mass is 32.1. The Morgan fingerprint density at radius 1 is 1.56 bits per heavy atom. The molecule has 0 amide bonds. The van der Waals surface area contributed by atoms with Gasteiger partial charge in [-0.3, -0.25) is 0 Å². The molecule has 0 aliphatic heterocycles. The summed E-state index contributed by atoms with van der Waals surface area (Å²) < 4.78 is 0. The highest BCUT2D eigenvalue weighted by molar-refractivity contribution is 7.07. The van der Waals surface area contributed by atoms with E-state index < -0.39 is 0 Å². The molecule has 1 atom stereocenters. The van der Waals surface area contributed by atoms with Crippen LogP contribution >= 0.6 is 11.3 Å². The summed E-state index contributed by atoms with van der Waals surface area (Å²) in [5, 5.41) is 17.2. The molecule has 1 heterocycles. The van der Waals surface area contributed by atoms with Gasteiger partial charge in [0, 0.05) is 18.2 Å². The van der Waals surface area contributed by atoms with Gasteiger partial charge in [0.15, 0.2) is 0 Å². The van der Waals surface area contributed by atoms with Gasteiger partial charge in [-0.05, 0) is 61.4 Å². The molecule has 1 aliphatic rings. The number of hydrogen-bond donors (Lipinski definition) is 2. The second kappa shape index (κ2) is 5.30. The van der Waals surface area contributed by atoms with Crippen molar-refractivity contribution < 1.29 is 5.11 Å².